The summed E-state index contributed by atoms with van der Waals surface area (Å²) in [6, 6.07) is 21.7. The first kappa shape index (κ1) is 22.3. The summed E-state index contributed by atoms with van der Waals surface area (Å²) in [5.74, 6) is 0.288. The molecule has 2 heterocycles. The van der Waals surface area contributed by atoms with Gasteiger partial charge in [-0.1, -0.05) is 86.7 Å². The largest absolute Gasteiger partial charge is 0.452 e. The van der Waals surface area contributed by atoms with Crippen molar-refractivity contribution in [3.63, 3.8) is 0 Å². The van der Waals surface area contributed by atoms with Crippen molar-refractivity contribution >= 4 is 6.09 Å². The lowest BCUT2D eigenvalue weighted by molar-refractivity contribution is 0.122. The van der Waals surface area contributed by atoms with E-state index in [4.69, 9.17) is 4.74 Å². The van der Waals surface area contributed by atoms with Gasteiger partial charge in [0, 0.05) is 11.8 Å². The lowest BCUT2D eigenvalue weighted by Crippen LogP contribution is -2.43. The number of ether oxygens (including phenoxy) is 1. The molecule has 2 aromatic carbocycles. The Hall–Kier alpha value is -2.89. The van der Waals surface area contributed by atoms with Gasteiger partial charge in [0.15, 0.2) is 0 Å². The molecule has 0 aromatic heterocycles. The van der Waals surface area contributed by atoms with Gasteiger partial charge in [0.05, 0.1) is 31.4 Å². The van der Waals surface area contributed by atoms with Gasteiger partial charge in [-0.2, -0.15) is 0 Å². The predicted octanol–water partition coefficient (Wildman–Crippen LogP) is 5.22. The molecular weight excluding hydrogens is 398 g/mol. The van der Waals surface area contributed by atoms with Crippen LogP contribution in [-0.4, -0.2) is 54.2 Å². The summed E-state index contributed by atoms with van der Waals surface area (Å²) in [7, 11) is 5.79. The number of likely N-dealkylation sites (N-methyl/N-ethyl adjacent to an activating group) is 2. The number of benzene rings is 2. The highest BCUT2D eigenvalue weighted by atomic mass is 16.5. The van der Waals surface area contributed by atoms with Crippen LogP contribution in [0.25, 0.3) is 0 Å². The van der Waals surface area contributed by atoms with Crippen LogP contribution in [0, 0.1) is 5.92 Å². The number of rotatable bonds is 4. The fourth-order valence-electron chi connectivity index (χ4n) is 5.21. The smallest absolute Gasteiger partial charge is 0.414 e. The molecule has 1 unspecified atom stereocenters. The van der Waals surface area contributed by atoms with Gasteiger partial charge >= 0.3 is 6.09 Å². The summed E-state index contributed by atoms with van der Waals surface area (Å²) in [5, 5.41) is 0. The van der Waals surface area contributed by atoms with E-state index in [1.54, 1.807) is 4.90 Å². The molecule has 1 amide bonds. The topological polar surface area (TPSA) is 36.0 Å². The molecule has 1 fully saturated rings. The highest BCUT2D eigenvalue weighted by molar-refractivity contribution is 5.70. The number of nitrogens with zero attached hydrogens (tertiary/aromatic N) is 3. The molecule has 0 spiro atoms. The second-order valence-corrected chi connectivity index (χ2v) is 9.02. The van der Waals surface area contributed by atoms with Crippen molar-refractivity contribution in [2.75, 3.05) is 21.2 Å². The van der Waals surface area contributed by atoms with Crippen LogP contribution in [0.5, 0.6) is 0 Å². The second kappa shape index (κ2) is 9.31. The molecule has 0 radical (unpaired) electrons. The first-order chi connectivity index (χ1) is 15.4. The summed E-state index contributed by atoms with van der Waals surface area (Å²) in [4.78, 5) is 19.1. The Morgan fingerprint density at radius 3 is 1.81 bits per heavy atom. The van der Waals surface area contributed by atoms with Gasteiger partial charge in [-0.05, 0) is 31.1 Å². The normalized spacial score (nSPS) is 24.8. The van der Waals surface area contributed by atoms with Crippen LogP contribution in [0.3, 0.4) is 0 Å². The molecule has 2 aliphatic rings. The van der Waals surface area contributed by atoms with Crippen LogP contribution in [0.4, 0.5) is 4.79 Å². The zero-order valence-electron chi connectivity index (χ0n) is 19.6. The molecule has 0 bridgehead atoms. The van der Waals surface area contributed by atoms with Crippen LogP contribution in [0.1, 0.15) is 37.1 Å². The summed E-state index contributed by atoms with van der Waals surface area (Å²) >= 11 is 0. The van der Waals surface area contributed by atoms with Crippen molar-refractivity contribution in [2.24, 2.45) is 5.92 Å². The highest BCUT2D eigenvalue weighted by Gasteiger charge is 2.46. The maximum Gasteiger partial charge on any atom is 0.414 e. The standard InChI is InChI=1S/C27H33N3O2/c1-19(2)23-17-16-22(18-30(23)27(31)32-5)26-28(3)24(20-12-8-6-9-13-20)25(29(26)4)21-14-10-7-11-15-21/h6-19,23-26H,1-5H3/t23?,24-,25-/m0/s1. The molecule has 168 valence electrons. The Labute approximate surface area is 191 Å². The fraction of sp³-hybridized carbons (Fsp3) is 0.370. The summed E-state index contributed by atoms with van der Waals surface area (Å²) in [6.45, 7) is 4.24. The third-order valence-corrected chi connectivity index (χ3v) is 6.69. The average molecular weight is 432 g/mol. The molecule has 32 heavy (non-hydrogen) atoms. The van der Waals surface area contributed by atoms with Crippen molar-refractivity contribution in [1.82, 2.24) is 14.7 Å². The molecule has 2 aromatic rings. The summed E-state index contributed by atoms with van der Waals surface area (Å²) in [6.07, 6.45) is 5.97. The Balaban J connectivity index is 1.76. The molecule has 5 nitrogen and oxygen atoms in total. The molecule has 0 aliphatic carbocycles. The minimum Gasteiger partial charge on any atom is -0.452 e. The van der Waals surface area contributed by atoms with Crippen LogP contribution in [0.2, 0.25) is 0 Å². The van der Waals surface area contributed by atoms with E-state index in [0.29, 0.717) is 0 Å². The van der Waals surface area contributed by atoms with Gasteiger partial charge in [-0.15, -0.1) is 0 Å². The van der Waals surface area contributed by atoms with Gasteiger partial charge in [0.25, 0.3) is 0 Å². The van der Waals surface area contributed by atoms with Gasteiger partial charge in [0.2, 0.25) is 0 Å². The Kier molecular flexibility index (Phi) is 6.49. The van der Waals surface area contributed by atoms with Gasteiger partial charge in [-0.3, -0.25) is 14.7 Å². The third-order valence-electron chi connectivity index (χ3n) is 6.69. The highest BCUT2D eigenvalue weighted by Crippen LogP contribution is 2.47. The number of amides is 1. The summed E-state index contributed by atoms with van der Waals surface area (Å²) < 4.78 is 5.10. The van der Waals surface area contributed by atoms with Gasteiger partial charge in [0.1, 0.15) is 0 Å². The minimum absolute atomic E-state index is 0.0157. The lowest BCUT2D eigenvalue weighted by Gasteiger charge is -2.35. The maximum atomic E-state index is 12.6. The Morgan fingerprint density at radius 2 is 1.38 bits per heavy atom. The van der Waals surface area contributed by atoms with E-state index in [1.807, 2.05) is 6.20 Å². The number of methoxy groups -OCH3 is 1. The maximum absolute atomic E-state index is 12.6. The van der Waals surface area contributed by atoms with Crippen molar-refractivity contribution < 1.29 is 9.53 Å². The molecule has 4 rings (SSSR count). The van der Waals surface area contributed by atoms with Crippen molar-refractivity contribution in [3.05, 3.63) is 95.7 Å². The van der Waals surface area contributed by atoms with Crippen LogP contribution >= 0.6 is 0 Å². The Morgan fingerprint density at radius 1 is 0.875 bits per heavy atom. The number of carbonyl (C=O) groups excluding carboxylic acids is 1. The molecule has 3 atom stereocenters. The second-order valence-electron chi connectivity index (χ2n) is 9.02. The van der Waals surface area contributed by atoms with E-state index < -0.39 is 0 Å². The SMILES string of the molecule is COC(=O)N1C=C(C2N(C)[C@@H](c3ccccc3)[C@H](c3ccccc3)N2C)C=CC1C(C)C. The third kappa shape index (κ3) is 3.98. The quantitative estimate of drug-likeness (QED) is 0.665. The number of hydrogen-bond acceptors (Lipinski definition) is 4. The van der Waals surface area contributed by atoms with E-state index in [-0.39, 0.29) is 36.3 Å². The first-order valence-electron chi connectivity index (χ1n) is 11.2. The van der Waals surface area contributed by atoms with E-state index >= 15 is 0 Å². The monoisotopic (exact) mass is 431 g/mol. The van der Waals surface area contributed by atoms with Crippen LogP contribution < -0.4 is 0 Å². The Bertz CT molecular complexity index is 935. The first-order valence-corrected chi connectivity index (χ1v) is 11.2. The van der Waals surface area contributed by atoms with Crippen LogP contribution in [-0.2, 0) is 4.74 Å². The molecule has 5 heteroatoms. The van der Waals surface area contributed by atoms with Crippen molar-refractivity contribution in [1.29, 1.82) is 0 Å². The predicted molar refractivity (Wildman–Crippen MR) is 128 cm³/mol. The lowest BCUT2D eigenvalue weighted by atomic mass is 9.93. The average Bonchev–Trinajstić information content (AvgIpc) is 3.09. The van der Waals surface area contributed by atoms with E-state index in [0.717, 1.165) is 5.57 Å². The van der Waals surface area contributed by atoms with Gasteiger partial charge in [-0.25, -0.2) is 4.79 Å². The van der Waals surface area contributed by atoms with Crippen molar-refractivity contribution in [3.8, 4) is 0 Å². The van der Waals surface area contributed by atoms with Crippen molar-refractivity contribution in [2.45, 2.75) is 38.1 Å². The fourth-order valence-corrected chi connectivity index (χ4v) is 5.21. The van der Waals surface area contributed by atoms with E-state index in [2.05, 4.69) is 111 Å². The zero-order valence-corrected chi connectivity index (χ0v) is 19.6. The number of carbonyl (C=O) groups is 1. The van der Waals surface area contributed by atoms with Crippen LogP contribution in [0.15, 0.2) is 84.6 Å². The number of hydrogen-bond donors (Lipinski definition) is 0. The molecule has 2 aliphatic heterocycles. The summed E-state index contributed by atoms with van der Waals surface area (Å²) in [5.41, 5.74) is 3.64. The van der Waals surface area contributed by atoms with E-state index in [9.17, 15) is 4.79 Å². The molecule has 0 N–H and O–H groups in total. The molecule has 0 saturated carbocycles. The van der Waals surface area contributed by atoms with Gasteiger partial charge < -0.3 is 4.74 Å². The molecule has 1 saturated heterocycles. The van der Waals surface area contributed by atoms with E-state index in [1.165, 1.54) is 18.2 Å². The minimum atomic E-state index is -0.326. The molecular formula is C27H33N3O2. The zero-order chi connectivity index (χ0) is 22.8.